The number of carbonyl (C=O) groups is 1. The van der Waals surface area contributed by atoms with E-state index in [1.165, 1.54) is 0 Å². The minimum atomic E-state index is -4.47. The monoisotopic (exact) mass is 428 g/mol. The standard InChI is InChI=1S/C21H19F3N6O/c1-13-19(27-12-29(13)2)15-6-7-30-17(10-25-18(30)9-15)14-4-3-5-16(8-14)28-20(31)26-11-21(22,23)24/h3-10,12H,11H2,1-2H3,(H2,26,28,31). The molecule has 0 aliphatic rings. The summed E-state index contributed by atoms with van der Waals surface area (Å²) in [7, 11) is 1.93. The highest BCUT2D eigenvalue weighted by Crippen LogP contribution is 2.27. The van der Waals surface area contributed by atoms with Crippen LogP contribution in [0.3, 0.4) is 0 Å². The SMILES string of the molecule is Cc1c(-c2ccn3c(-c4cccc(NC(=O)NCC(F)(F)F)c4)cnc3c2)ncn1C. The first-order valence-corrected chi connectivity index (χ1v) is 9.39. The van der Waals surface area contributed by atoms with Crippen molar-refractivity contribution < 1.29 is 18.0 Å². The van der Waals surface area contributed by atoms with Gasteiger partial charge in [-0.3, -0.25) is 4.40 Å². The van der Waals surface area contributed by atoms with Crippen LogP contribution < -0.4 is 10.6 Å². The van der Waals surface area contributed by atoms with Gasteiger partial charge in [0.1, 0.15) is 12.2 Å². The predicted molar refractivity (Wildman–Crippen MR) is 111 cm³/mol. The molecule has 0 radical (unpaired) electrons. The van der Waals surface area contributed by atoms with Crippen LogP contribution in [-0.4, -0.2) is 37.7 Å². The molecule has 3 heterocycles. The minimum Gasteiger partial charge on any atom is -0.337 e. The third-order valence-electron chi connectivity index (χ3n) is 4.88. The normalized spacial score (nSPS) is 11.6. The van der Waals surface area contributed by atoms with Gasteiger partial charge in [0, 0.05) is 35.8 Å². The number of imidazole rings is 2. The van der Waals surface area contributed by atoms with Gasteiger partial charge in [-0.25, -0.2) is 14.8 Å². The van der Waals surface area contributed by atoms with Gasteiger partial charge in [-0.1, -0.05) is 12.1 Å². The average molecular weight is 428 g/mol. The molecule has 160 valence electrons. The van der Waals surface area contributed by atoms with Crippen molar-refractivity contribution in [3.8, 4) is 22.5 Å². The summed E-state index contributed by atoms with van der Waals surface area (Å²) in [5.41, 5.74) is 5.48. The van der Waals surface area contributed by atoms with E-state index in [0.29, 0.717) is 5.69 Å². The number of aromatic nitrogens is 4. The number of nitrogens with zero attached hydrogens (tertiary/aromatic N) is 4. The number of pyridine rings is 1. The zero-order valence-electron chi connectivity index (χ0n) is 16.7. The van der Waals surface area contributed by atoms with Gasteiger partial charge in [0.25, 0.3) is 0 Å². The van der Waals surface area contributed by atoms with Crippen molar-refractivity contribution in [3.63, 3.8) is 0 Å². The Morgan fingerprint density at radius 3 is 2.65 bits per heavy atom. The molecule has 2 amide bonds. The number of amides is 2. The van der Waals surface area contributed by atoms with Crippen LogP contribution in [0.5, 0.6) is 0 Å². The van der Waals surface area contributed by atoms with Crippen LogP contribution in [0, 0.1) is 6.92 Å². The van der Waals surface area contributed by atoms with Crippen LogP contribution in [0.1, 0.15) is 5.69 Å². The average Bonchev–Trinajstić information content (AvgIpc) is 3.29. The van der Waals surface area contributed by atoms with Gasteiger partial charge in [0.2, 0.25) is 0 Å². The van der Waals surface area contributed by atoms with E-state index in [4.69, 9.17) is 0 Å². The number of alkyl halides is 3. The number of nitrogens with one attached hydrogen (secondary N) is 2. The number of hydrogen-bond acceptors (Lipinski definition) is 3. The van der Waals surface area contributed by atoms with Crippen molar-refractivity contribution in [2.24, 2.45) is 7.05 Å². The molecular formula is C21H19F3N6O. The van der Waals surface area contributed by atoms with Crippen molar-refractivity contribution in [1.29, 1.82) is 0 Å². The van der Waals surface area contributed by atoms with E-state index in [1.807, 2.05) is 47.3 Å². The Morgan fingerprint density at radius 2 is 1.94 bits per heavy atom. The number of carbonyl (C=O) groups excluding carboxylic acids is 1. The van der Waals surface area contributed by atoms with Crippen LogP contribution in [0.25, 0.3) is 28.2 Å². The lowest BCUT2D eigenvalue weighted by Crippen LogP contribution is -2.36. The quantitative estimate of drug-likeness (QED) is 0.506. The second-order valence-corrected chi connectivity index (χ2v) is 7.08. The molecular weight excluding hydrogens is 409 g/mol. The van der Waals surface area contributed by atoms with Crippen molar-refractivity contribution in [2.75, 3.05) is 11.9 Å². The van der Waals surface area contributed by atoms with Gasteiger partial charge in [0.05, 0.1) is 23.9 Å². The molecule has 0 aliphatic heterocycles. The molecule has 0 unspecified atom stereocenters. The molecule has 2 N–H and O–H groups in total. The summed E-state index contributed by atoms with van der Waals surface area (Å²) in [5, 5.41) is 4.20. The van der Waals surface area contributed by atoms with E-state index in [9.17, 15) is 18.0 Å². The molecule has 4 rings (SSSR count). The second kappa shape index (κ2) is 7.78. The topological polar surface area (TPSA) is 76.2 Å². The van der Waals surface area contributed by atoms with Crippen molar-refractivity contribution in [2.45, 2.75) is 13.1 Å². The summed E-state index contributed by atoms with van der Waals surface area (Å²) >= 11 is 0. The first-order valence-electron chi connectivity index (χ1n) is 9.39. The Labute approximate surface area is 175 Å². The fraction of sp³-hybridized carbons (Fsp3) is 0.190. The molecule has 31 heavy (non-hydrogen) atoms. The summed E-state index contributed by atoms with van der Waals surface area (Å²) < 4.78 is 40.6. The summed E-state index contributed by atoms with van der Waals surface area (Å²) in [5.74, 6) is 0. The molecule has 3 aromatic heterocycles. The summed E-state index contributed by atoms with van der Waals surface area (Å²) in [6.45, 7) is 0.594. The van der Waals surface area contributed by atoms with E-state index in [-0.39, 0.29) is 0 Å². The van der Waals surface area contributed by atoms with Crippen LogP contribution in [0.15, 0.2) is 55.1 Å². The lowest BCUT2D eigenvalue weighted by Gasteiger charge is -2.11. The molecule has 0 bridgehead atoms. The Morgan fingerprint density at radius 1 is 1.13 bits per heavy atom. The number of fused-ring (bicyclic) bond motifs is 1. The highest BCUT2D eigenvalue weighted by Gasteiger charge is 2.27. The summed E-state index contributed by atoms with van der Waals surface area (Å²) in [4.78, 5) is 20.6. The van der Waals surface area contributed by atoms with Gasteiger partial charge >= 0.3 is 12.2 Å². The van der Waals surface area contributed by atoms with Crippen LogP contribution in [-0.2, 0) is 7.05 Å². The highest BCUT2D eigenvalue weighted by atomic mass is 19.4. The fourth-order valence-electron chi connectivity index (χ4n) is 3.23. The molecule has 0 atom stereocenters. The van der Waals surface area contributed by atoms with Crippen LogP contribution >= 0.6 is 0 Å². The third kappa shape index (κ3) is 4.37. The maximum atomic E-state index is 12.3. The van der Waals surface area contributed by atoms with E-state index in [2.05, 4.69) is 15.3 Å². The first kappa shape index (κ1) is 20.5. The maximum absolute atomic E-state index is 12.3. The predicted octanol–water partition coefficient (Wildman–Crippen LogP) is 4.39. The van der Waals surface area contributed by atoms with Gasteiger partial charge < -0.3 is 15.2 Å². The fourth-order valence-corrected chi connectivity index (χ4v) is 3.23. The van der Waals surface area contributed by atoms with Crippen molar-refractivity contribution in [1.82, 2.24) is 24.3 Å². The summed E-state index contributed by atoms with van der Waals surface area (Å²) in [6.07, 6.45) is 0.877. The number of anilines is 1. The number of aryl methyl sites for hydroxylation is 1. The van der Waals surface area contributed by atoms with Crippen LogP contribution in [0.2, 0.25) is 0 Å². The molecule has 0 saturated heterocycles. The van der Waals surface area contributed by atoms with E-state index in [0.717, 1.165) is 33.9 Å². The molecule has 0 saturated carbocycles. The Kier molecular flexibility index (Phi) is 5.14. The Hall–Kier alpha value is -3.82. The smallest absolute Gasteiger partial charge is 0.337 e. The Bertz CT molecular complexity index is 1260. The van der Waals surface area contributed by atoms with Crippen molar-refractivity contribution in [3.05, 3.63) is 60.8 Å². The largest absolute Gasteiger partial charge is 0.405 e. The van der Waals surface area contributed by atoms with Gasteiger partial charge in [-0.05, 0) is 31.2 Å². The summed E-state index contributed by atoms with van der Waals surface area (Å²) in [6, 6.07) is 9.77. The number of urea groups is 1. The molecule has 4 aromatic rings. The molecule has 0 aliphatic carbocycles. The van der Waals surface area contributed by atoms with Gasteiger partial charge in [-0.15, -0.1) is 0 Å². The lowest BCUT2D eigenvalue weighted by atomic mass is 10.1. The number of benzene rings is 1. The van der Waals surface area contributed by atoms with E-state index >= 15 is 0 Å². The zero-order chi connectivity index (χ0) is 22.2. The van der Waals surface area contributed by atoms with Gasteiger partial charge in [-0.2, -0.15) is 13.2 Å². The zero-order valence-corrected chi connectivity index (χ0v) is 16.7. The molecule has 0 spiro atoms. The number of hydrogen-bond donors (Lipinski definition) is 2. The van der Waals surface area contributed by atoms with Crippen LogP contribution in [0.4, 0.5) is 23.7 Å². The maximum Gasteiger partial charge on any atom is 0.405 e. The highest BCUT2D eigenvalue weighted by molar-refractivity contribution is 5.90. The molecule has 1 aromatic carbocycles. The van der Waals surface area contributed by atoms with Gasteiger partial charge in [0.15, 0.2) is 0 Å². The Balaban J connectivity index is 1.58. The van der Waals surface area contributed by atoms with E-state index < -0.39 is 18.8 Å². The third-order valence-corrected chi connectivity index (χ3v) is 4.88. The lowest BCUT2D eigenvalue weighted by molar-refractivity contribution is -0.122. The number of rotatable bonds is 4. The number of halogens is 3. The minimum absolute atomic E-state index is 0.368. The first-order chi connectivity index (χ1) is 14.7. The molecule has 0 fully saturated rings. The second-order valence-electron chi connectivity index (χ2n) is 7.08. The molecule has 10 heteroatoms. The van der Waals surface area contributed by atoms with Crippen molar-refractivity contribution >= 4 is 17.4 Å². The molecule has 7 nitrogen and oxygen atoms in total. The van der Waals surface area contributed by atoms with E-state index in [1.54, 1.807) is 36.0 Å².